The van der Waals surface area contributed by atoms with Crippen LogP contribution in [0.15, 0.2) is 54.7 Å². The minimum Gasteiger partial charge on any atom is -0.508 e. The molecule has 2 aromatic carbocycles. The fourth-order valence-electron chi connectivity index (χ4n) is 2.19. The summed E-state index contributed by atoms with van der Waals surface area (Å²) in [5.74, 6) is 0.171. The number of phenolic OH excluding ortho intramolecular Hbond substituents is 1. The second-order valence-corrected chi connectivity index (χ2v) is 5.19. The zero-order chi connectivity index (χ0) is 16.2. The zero-order valence-electron chi connectivity index (χ0n) is 12.7. The maximum Gasteiger partial charge on any atom is 0.150 e. The number of aromatic hydroxyl groups is 1. The number of benzene rings is 2. The summed E-state index contributed by atoms with van der Waals surface area (Å²) >= 11 is 0. The van der Waals surface area contributed by atoms with Gasteiger partial charge in [0.25, 0.3) is 0 Å². The van der Waals surface area contributed by atoms with Crippen LogP contribution in [0.1, 0.15) is 24.4 Å². The van der Waals surface area contributed by atoms with Crippen molar-refractivity contribution in [1.29, 1.82) is 0 Å². The second-order valence-electron chi connectivity index (χ2n) is 5.19. The quantitative estimate of drug-likeness (QED) is 0.631. The molecule has 0 radical (unpaired) electrons. The first-order valence-corrected chi connectivity index (χ1v) is 7.41. The SMILES string of the molecule is CCc1cn(-c2ccc(NC(O)c3ccc(O)cc3)cc2)nn1. The van der Waals surface area contributed by atoms with E-state index >= 15 is 0 Å². The second kappa shape index (κ2) is 6.50. The average molecular weight is 310 g/mol. The van der Waals surface area contributed by atoms with Gasteiger partial charge < -0.3 is 15.5 Å². The lowest BCUT2D eigenvalue weighted by Gasteiger charge is -2.15. The number of aromatic nitrogens is 3. The van der Waals surface area contributed by atoms with Crippen LogP contribution >= 0.6 is 0 Å². The summed E-state index contributed by atoms with van der Waals surface area (Å²) in [6, 6.07) is 14.0. The van der Waals surface area contributed by atoms with Gasteiger partial charge in [-0.15, -0.1) is 5.10 Å². The Hall–Kier alpha value is -2.86. The van der Waals surface area contributed by atoms with Gasteiger partial charge in [0.1, 0.15) is 5.75 Å². The van der Waals surface area contributed by atoms with E-state index in [4.69, 9.17) is 0 Å². The van der Waals surface area contributed by atoms with Gasteiger partial charge in [-0.05, 0) is 42.8 Å². The van der Waals surface area contributed by atoms with Gasteiger partial charge in [-0.2, -0.15) is 0 Å². The van der Waals surface area contributed by atoms with Gasteiger partial charge in [0.15, 0.2) is 6.23 Å². The molecule has 1 aromatic heterocycles. The molecule has 3 aromatic rings. The summed E-state index contributed by atoms with van der Waals surface area (Å²) in [6.45, 7) is 2.03. The summed E-state index contributed by atoms with van der Waals surface area (Å²) in [5.41, 5.74) is 3.30. The molecule has 1 unspecified atom stereocenters. The minimum absolute atomic E-state index is 0.171. The Kier molecular flexibility index (Phi) is 4.25. The van der Waals surface area contributed by atoms with E-state index in [9.17, 15) is 10.2 Å². The van der Waals surface area contributed by atoms with Crippen molar-refractivity contribution in [2.24, 2.45) is 0 Å². The Balaban J connectivity index is 1.70. The molecule has 0 aliphatic rings. The van der Waals surface area contributed by atoms with Gasteiger partial charge in [0.2, 0.25) is 0 Å². The molecule has 0 aliphatic carbocycles. The van der Waals surface area contributed by atoms with E-state index in [0.29, 0.717) is 5.56 Å². The average Bonchev–Trinajstić information content (AvgIpc) is 3.05. The summed E-state index contributed by atoms with van der Waals surface area (Å²) in [6.07, 6.45) is 1.89. The van der Waals surface area contributed by atoms with Gasteiger partial charge >= 0.3 is 0 Å². The molecule has 0 spiro atoms. The predicted octanol–water partition coefficient (Wildman–Crippen LogP) is 2.64. The summed E-state index contributed by atoms with van der Waals surface area (Å²) in [4.78, 5) is 0. The van der Waals surface area contributed by atoms with Gasteiger partial charge in [-0.3, -0.25) is 0 Å². The smallest absolute Gasteiger partial charge is 0.150 e. The molecular formula is C17H18N4O2. The molecule has 1 heterocycles. The summed E-state index contributed by atoms with van der Waals surface area (Å²) in [5, 5.41) is 30.6. The number of aliphatic hydroxyl groups is 1. The molecule has 0 fully saturated rings. The van der Waals surface area contributed by atoms with Gasteiger partial charge in [0, 0.05) is 11.3 Å². The minimum atomic E-state index is -0.848. The summed E-state index contributed by atoms with van der Waals surface area (Å²) in [7, 11) is 0. The largest absolute Gasteiger partial charge is 0.508 e. The number of hydrogen-bond donors (Lipinski definition) is 3. The Morgan fingerprint density at radius 2 is 1.78 bits per heavy atom. The van der Waals surface area contributed by atoms with Crippen molar-refractivity contribution in [3.63, 3.8) is 0 Å². The van der Waals surface area contributed by atoms with Crippen molar-refractivity contribution in [2.75, 3.05) is 5.32 Å². The van der Waals surface area contributed by atoms with Crippen molar-refractivity contribution < 1.29 is 10.2 Å². The molecule has 23 heavy (non-hydrogen) atoms. The lowest BCUT2D eigenvalue weighted by Crippen LogP contribution is -2.09. The van der Waals surface area contributed by atoms with Crippen LogP contribution in [0.2, 0.25) is 0 Å². The molecule has 0 amide bonds. The van der Waals surface area contributed by atoms with Crippen LogP contribution in [-0.4, -0.2) is 25.2 Å². The molecule has 0 saturated carbocycles. The van der Waals surface area contributed by atoms with Crippen LogP contribution in [0.4, 0.5) is 5.69 Å². The van der Waals surface area contributed by atoms with Crippen molar-refractivity contribution in [2.45, 2.75) is 19.6 Å². The van der Waals surface area contributed by atoms with E-state index in [1.54, 1.807) is 28.9 Å². The van der Waals surface area contributed by atoms with Crippen LogP contribution < -0.4 is 5.32 Å². The van der Waals surface area contributed by atoms with Gasteiger partial charge in [-0.25, -0.2) is 4.68 Å². The molecule has 3 N–H and O–H groups in total. The molecule has 3 rings (SSSR count). The number of rotatable bonds is 5. The number of anilines is 1. The number of nitrogens with zero attached hydrogens (tertiary/aromatic N) is 3. The number of nitrogens with one attached hydrogen (secondary N) is 1. The fraction of sp³-hybridized carbons (Fsp3) is 0.176. The molecule has 6 nitrogen and oxygen atoms in total. The molecule has 0 aliphatic heterocycles. The third-order valence-corrected chi connectivity index (χ3v) is 3.55. The Morgan fingerprint density at radius 3 is 2.39 bits per heavy atom. The molecular weight excluding hydrogens is 292 g/mol. The number of aryl methyl sites for hydroxylation is 1. The van der Waals surface area contributed by atoms with E-state index < -0.39 is 6.23 Å². The first-order chi connectivity index (χ1) is 11.2. The third kappa shape index (κ3) is 3.49. The molecule has 6 heteroatoms. The number of phenols is 1. The van der Waals surface area contributed by atoms with E-state index in [0.717, 1.165) is 23.5 Å². The molecule has 0 saturated heterocycles. The van der Waals surface area contributed by atoms with Crippen LogP contribution in [0, 0.1) is 0 Å². The molecule has 1 atom stereocenters. The zero-order valence-corrected chi connectivity index (χ0v) is 12.7. The van der Waals surface area contributed by atoms with E-state index in [-0.39, 0.29) is 5.75 Å². The standard InChI is InChI=1S/C17H18N4O2/c1-2-13-11-21(20-19-13)15-7-5-14(6-8-15)18-17(23)12-3-9-16(22)10-4-12/h3-11,17-18,22-23H,2H2,1H3. The van der Waals surface area contributed by atoms with Crippen LogP contribution in [-0.2, 0) is 6.42 Å². The molecule has 0 bridgehead atoms. The highest BCUT2D eigenvalue weighted by atomic mass is 16.3. The fourth-order valence-corrected chi connectivity index (χ4v) is 2.19. The lowest BCUT2D eigenvalue weighted by atomic mass is 10.2. The van der Waals surface area contributed by atoms with Crippen molar-refractivity contribution in [3.8, 4) is 11.4 Å². The maximum absolute atomic E-state index is 10.2. The first-order valence-electron chi connectivity index (χ1n) is 7.41. The third-order valence-electron chi connectivity index (χ3n) is 3.55. The lowest BCUT2D eigenvalue weighted by molar-refractivity contribution is 0.208. The van der Waals surface area contributed by atoms with E-state index in [1.807, 2.05) is 37.4 Å². The van der Waals surface area contributed by atoms with Crippen molar-refractivity contribution in [3.05, 3.63) is 66.0 Å². The normalized spacial score (nSPS) is 12.1. The highest BCUT2D eigenvalue weighted by Gasteiger charge is 2.07. The van der Waals surface area contributed by atoms with Crippen LogP contribution in [0.3, 0.4) is 0 Å². The monoisotopic (exact) mass is 310 g/mol. The van der Waals surface area contributed by atoms with E-state index in [2.05, 4.69) is 15.6 Å². The number of aliphatic hydroxyl groups excluding tert-OH is 1. The maximum atomic E-state index is 10.2. The number of hydrogen-bond acceptors (Lipinski definition) is 5. The Morgan fingerprint density at radius 1 is 1.09 bits per heavy atom. The summed E-state index contributed by atoms with van der Waals surface area (Å²) < 4.78 is 1.72. The van der Waals surface area contributed by atoms with Crippen LogP contribution in [0.5, 0.6) is 5.75 Å². The highest BCUT2D eigenvalue weighted by molar-refractivity contribution is 5.49. The Bertz CT molecular complexity index is 766. The van der Waals surface area contributed by atoms with Crippen molar-refractivity contribution in [1.82, 2.24) is 15.0 Å². The van der Waals surface area contributed by atoms with E-state index in [1.165, 1.54) is 0 Å². The molecule has 118 valence electrons. The first kappa shape index (κ1) is 15.1. The topological polar surface area (TPSA) is 83.2 Å². The van der Waals surface area contributed by atoms with Gasteiger partial charge in [-0.1, -0.05) is 24.3 Å². The predicted molar refractivity (Wildman–Crippen MR) is 87.4 cm³/mol. The highest BCUT2D eigenvalue weighted by Crippen LogP contribution is 2.20. The Labute approximate surface area is 134 Å². The van der Waals surface area contributed by atoms with Crippen LogP contribution in [0.25, 0.3) is 5.69 Å². The van der Waals surface area contributed by atoms with Gasteiger partial charge in [0.05, 0.1) is 17.6 Å². The van der Waals surface area contributed by atoms with Crippen molar-refractivity contribution >= 4 is 5.69 Å².